The lowest BCUT2D eigenvalue weighted by Gasteiger charge is -2.25. The molecular weight excluding hydrogens is 1140 g/mol. The quantitative estimate of drug-likeness (QED) is 0.0484. The van der Waals surface area contributed by atoms with Gasteiger partial charge in [0.2, 0.25) is 0 Å². The zero-order valence-electron chi connectivity index (χ0n) is 49.0. The molecule has 4 aromatic carbocycles. The summed E-state index contributed by atoms with van der Waals surface area (Å²) in [7, 11) is 3.28. The minimum Gasteiger partial charge on any atom is -0.707 e. The number of aldehydes is 2. The lowest BCUT2D eigenvalue weighted by molar-refractivity contribution is -0.671. The van der Waals surface area contributed by atoms with Crippen LogP contribution in [0.2, 0.25) is 0 Å². The van der Waals surface area contributed by atoms with Crippen LogP contribution in [0.5, 0.6) is 0 Å². The number of rotatable bonds is 19. The summed E-state index contributed by atoms with van der Waals surface area (Å²) < 4.78 is 70.9. The van der Waals surface area contributed by atoms with Gasteiger partial charge in [-0.15, -0.1) is 0 Å². The van der Waals surface area contributed by atoms with Gasteiger partial charge in [0.15, 0.2) is 37.2 Å². The fourth-order valence-corrected chi connectivity index (χ4v) is 6.62. The smallest absolute Gasteiger partial charge is 0.255 e. The van der Waals surface area contributed by atoms with E-state index in [9.17, 15) is 34.8 Å². The zero-order chi connectivity index (χ0) is 62.9. The van der Waals surface area contributed by atoms with Gasteiger partial charge in [-0.3, -0.25) is 9.59 Å². The molecule has 24 heteroatoms. The van der Waals surface area contributed by atoms with Gasteiger partial charge in [0.05, 0.1) is 18.8 Å². The number of nitrogens with zero attached hydrogens (tertiary/aromatic N) is 7. The average molecular weight is 1210 g/mol. The first-order valence-corrected chi connectivity index (χ1v) is 30.9. The molecule has 0 saturated carbocycles. The minimum absolute atomic E-state index is 0.681. The van der Waals surface area contributed by atoms with Crippen LogP contribution >= 0.6 is 0 Å². The van der Waals surface area contributed by atoms with Gasteiger partial charge < -0.3 is 48.4 Å². The molecule has 7 aromatic rings. The Kier molecular flexibility index (Phi) is 31.9. The van der Waals surface area contributed by atoms with Crippen LogP contribution in [0.1, 0.15) is 48.5 Å². The van der Waals surface area contributed by atoms with Crippen molar-refractivity contribution in [3.8, 4) is 0 Å². The van der Waals surface area contributed by atoms with Crippen LogP contribution in [0.4, 0.5) is 22.7 Å². The molecule has 0 aliphatic heterocycles. The summed E-state index contributed by atoms with van der Waals surface area (Å²) in [6, 6.07) is 45.2. The molecule has 3 aromatic heterocycles. The van der Waals surface area contributed by atoms with Crippen molar-refractivity contribution in [2.75, 3.05) is 92.7 Å². The maximum absolute atomic E-state index is 10.7. The molecule has 0 unspecified atom stereocenters. The average Bonchev–Trinajstić information content (AvgIpc) is 3.68. The predicted octanol–water partition coefficient (Wildman–Crippen LogP) is 3.67. The maximum Gasteiger partial charge on any atom is 0.255 e. The fraction of sp³-hybridized carbons (Fsp3) is 0.250. The van der Waals surface area contributed by atoms with E-state index >= 15 is 0 Å². The number of hydrogen-bond donors (Lipinski definition) is 0. The third-order valence-electron chi connectivity index (χ3n) is 11.6. The Morgan fingerprint density at radius 3 is 0.714 bits per heavy atom. The van der Waals surface area contributed by atoms with Crippen molar-refractivity contribution in [3.63, 3.8) is 0 Å². The number of aryl methyl sites for hydroxylation is 4. The van der Waals surface area contributed by atoms with E-state index < -0.39 is 30.4 Å². The SMILES string of the molecule is CN(CCN(C)c1ccc(/C=C/c2cc[n+](C)cc2)cc1)c1ccc(/C=C/c2cc[n+](C)cc2)cc1.CN(CCN(C)c1ccc(C=O)cc1)c1ccc(C=O)cc1.CS(=O)(=O)O[O-].CS(=O)(=O)O[O-].CS(=O)(=O)O[O-].Cc1cc[n+](C)cc1. The van der Waals surface area contributed by atoms with Crippen LogP contribution in [0.3, 0.4) is 0 Å². The Bertz CT molecular complexity index is 3170. The summed E-state index contributed by atoms with van der Waals surface area (Å²) >= 11 is 0. The molecule has 0 radical (unpaired) electrons. The van der Waals surface area contributed by atoms with E-state index in [4.69, 9.17) is 15.8 Å². The summed E-state index contributed by atoms with van der Waals surface area (Å²) in [5.74, 6) is 0. The molecule has 3 heterocycles. The van der Waals surface area contributed by atoms with Crippen LogP contribution in [0.25, 0.3) is 24.3 Å². The van der Waals surface area contributed by atoms with E-state index in [1.807, 2.05) is 110 Å². The molecular formula is C60H75N7O14S3. The first-order chi connectivity index (χ1) is 39.6. The van der Waals surface area contributed by atoms with Crippen molar-refractivity contribution < 1.29 is 77.3 Å². The molecule has 84 heavy (non-hydrogen) atoms. The molecule has 0 bridgehead atoms. The molecule has 0 N–H and O–H groups in total. The van der Waals surface area contributed by atoms with Crippen LogP contribution in [0.15, 0.2) is 171 Å². The van der Waals surface area contributed by atoms with Crippen molar-refractivity contribution in [1.82, 2.24) is 0 Å². The monoisotopic (exact) mass is 1210 g/mol. The van der Waals surface area contributed by atoms with Crippen molar-refractivity contribution in [1.29, 1.82) is 0 Å². The molecule has 452 valence electrons. The van der Waals surface area contributed by atoms with Crippen molar-refractivity contribution in [2.24, 2.45) is 21.1 Å². The highest BCUT2D eigenvalue weighted by Crippen LogP contribution is 2.19. The largest absolute Gasteiger partial charge is 0.707 e. The van der Waals surface area contributed by atoms with Crippen molar-refractivity contribution in [3.05, 3.63) is 210 Å². The molecule has 0 saturated heterocycles. The van der Waals surface area contributed by atoms with E-state index in [2.05, 4.69) is 188 Å². The summed E-state index contributed by atoms with van der Waals surface area (Å²) in [4.78, 5) is 30.2. The van der Waals surface area contributed by atoms with Crippen LogP contribution in [-0.4, -0.2) is 111 Å². The van der Waals surface area contributed by atoms with E-state index in [1.165, 1.54) is 39.2 Å². The number of anilines is 4. The van der Waals surface area contributed by atoms with Crippen molar-refractivity contribution in [2.45, 2.75) is 6.92 Å². The molecule has 7 rings (SSSR count). The number of pyridine rings is 3. The lowest BCUT2D eigenvalue weighted by atomic mass is 10.1. The first-order valence-electron chi connectivity index (χ1n) is 25.5. The van der Waals surface area contributed by atoms with Gasteiger partial charge in [0.25, 0.3) is 30.4 Å². The molecule has 0 aliphatic rings. The number of aromatic nitrogens is 3. The molecule has 0 amide bonds. The van der Waals surface area contributed by atoms with E-state index in [0.29, 0.717) is 29.9 Å². The van der Waals surface area contributed by atoms with Crippen LogP contribution in [0, 0.1) is 6.92 Å². The molecule has 0 atom stereocenters. The maximum atomic E-state index is 10.7. The second kappa shape index (κ2) is 37.2. The number of likely N-dealkylation sites (N-methyl/N-ethyl adjacent to an activating group) is 4. The van der Waals surface area contributed by atoms with E-state index in [1.54, 1.807) is 0 Å². The predicted molar refractivity (Wildman–Crippen MR) is 323 cm³/mol. The van der Waals surface area contributed by atoms with Gasteiger partial charge in [-0.1, -0.05) is 48.6 Å². The number of carbonyl (C=O) groups excluding carboxylic acids is 2. The second-order valence-electron chi connectivity index (χ2n) is 18.9. The van der Waals surface area contributed by atoms with E-state index in [0.717, 1.165) is 50.1 Å². The topological polar surface area (TPSA) is 258 Å². The van der Waals surface area contributed by atoms with E-state index in [-0.39, 0.29) is 0 Å². The van der Waals surface area contributed by atoms with Crippen molar-refractivity contribution >= 4 is 90.0 Å². The Labute approximate surface area is 495 Å². The Morgan fingerprint density at radius 2 is 0.536 bits per heavy atom. The van der Waals surface area contributed by atoms with Gasteiger partial charge in [-0.25, -0.2) is 39.0 Å². The number of carbonyl (C=O) groups is 2. The van der Waals surface area contributed by atoms with Crippen LogP contribution < -0.4 is 49.1 Å². The molecule has 0 fully saturated rings. The normalized spacial score (nSPS) is 10.9. The summed E-state index contributed by atoms with van der Waals surface area (Å²) in [6.07, 6.45) is 24.7. The van der Waals surface area contributed by atoms with Gasteiger partial charge in [0.1, 0.15) is 33.7 Å². The molecule has 0 spiro atoms. The number of benzene rings is 4. The number of hydrogen-bond acceptors (Lipinski definition) is 18. The lowest BCUT2D eigenvalue weighted by Crippen LogP contribution is -2.30. The zero-order valence-corrected chi connectivity index (χ0v) is 51.5. The summed E-state index contributed by atoms with van der Waals surface area (Å²) in [5.41, 5.74) is 12.1. The highest BCUT2D eigenvalue weighted by atomic mass is 32.2. The highest BCUT2D eigenvalue weighted by Gasteiger charge is 2.07. The summed E-state index contributed by atoms with van der Waals surface area (Å²) in [5, 5.41) is 26.6. The highest BCUT2D eigenvalue weighted by molar-refractivity contribution is 7.86. The second-order valence-corrected chi connectivity index (χ2v) is 23.5. The van der Waals surface area contributed by atoms with Gasteiger partial charge in [-0.05, 0) is 108 Å². The standard InChI is InChI=1S/C32H36N4.C18H20N2O2.C7H10N.3CH4O4S/c1-33-21-17-29(18-22-33)7-5-27-9-13-31(14-10-27)35(3)25-26-36(4)32-15-11-28(12-16-32)6-8-30-19-23-34(2)24-20-30;1-19(17-7-3-15(13-21)4-8-17)11-12-20(2)18-9-5-16(14-22)6-10-18;1-7-3-5-8(2)6-4-7;3*1-6(3,4)5-2/h5-24H,25-26H2,1-4H3;3-10,13-14H,11-12H2,1-2H3;3-6H,1-2H3;3*2H,1H3/q+2;;+1;;;/p-3. The minimum atomic E-state index is -3.72. The first kappa shape index (κ1) is 72.1. The Balaban J connectivity index is 0.000000420. The third-order valence-corrected chi connectivity index (χ3v) is 12.4. The van der Waals surface area contributed by atoms with Gasteiger partial charge in [-0.2, -0.15) is 0 Å². The fourth-order valence-electron chi connectivity index (χ4n) is 6.62. The Hall–Kier alpha value is -8.04. The van der Waals surface area contributed by atoms with Gasteiger partial charge >= 0.3 is 0 Å². The third kappa shape index (κ3) is 32.0. The molecule has 0 aliphatic carbocycles. The Morgan fingerprint density at radius 1 is 0.357 bits per heavy atom. The van der Waals surface area contributed by atoms with Crippen LogP contribution in [-0.2, 0) is 64.5 Å². The van der Waals surface area contributed by atoms with Gasteiger partial charge in [0, 0.05) is 125 Å². The molecule has 21 nitrogen and oxygen atoms in total. The summed E-state index contributed by atoms with van der Waals surface area (Å²) in [6.45, 7) is 5.68.